The summed E-state index contributed by atoms with van der Waals surface area (Å²) in [5, 5.41) is 14.6. The lowest BCUT2D eigenvalue weighted by atomic mass is 9.94. The van der Waals surface area contributed by atoms with Gasteiger partial charge in [-0.05, 0) is 85.1 Å². The second kappa shape index (κ2) is 17.2. The molecular weight excluding hydrogens is 890 g/mol. The van der Waals surface area contributed by atoms with Gasteiger partial charge in [-0.3, -0.25) is 33.6 Å². The van der Waals surface area contributed by atoms with Gasteiger partial charge in [0.25, 0.3) is 5.91 Å². The molecule has 5 heterocycles. The Morgan fingerprint density at radius 2 is 1.59 bits per heavy atom. The Balaban J connectivity index is 0.966. The van der Waals surface area contributed by atoms with Crippen molar-refractivity contribution >= 4 is 74.6 Å². The number of thiophene rings is 1. The van der Waals surface area contributed by atoms with Gasteiger partial charge in [0.05, 0.1) is 24.1 Å². The van der Waals surface area contributed by atoms with Gasteiger partial charge in [0.15, 0.2) is 10.2 Å². The first kappa shape index (κ1) is 46.8. The summed E-state index contributed by atoms with van der Waals surface area (Å²) < 4.78 is 58.4. The van der Waals surface area contributed by atoms with E-state index in [4.69, 9.17) is 9.05 Å². The minimum atomic E-state index is -5.25. The maximum absolute atomic E-state index is 16.5. The number of carbonyl (C=O) groups is 4. The minimum absolute atomic E-state index is 0.0168. The molecule has 4 atom stereocenters. The third kappa shape index (κ3) is 9.20. The quantitative estimate of drug-likeness (QED) is 0.111. The van der Waals surface area contributed by atoms with Crippen molar-refractivity contribution in [3.8, 4) is 0 Å². The SMILES string of the molecule is CC(C)(C)C(=O)SCCOP(=O)(OCCSC(=O)C(C)(C)C)C(F)(F)c1ccc2sc(C(=O)N[C@H]3CC45CC4(C[C@H]4CC[C@@H](C(O)N6CC(c7ccccn7)C6)N4C3=O)C5)cc2c1. The van der Waals surface area contributed by atoms with E-state index < -0.39 is 67.1 Å². The summed E-state index contributed by atoms with van der Waals surface area (Å²) in [7, 11) is -5.25. The number of halogens is 2. The number of hydrogen-bond acceptors (Lipinski definition) is 13. The molecule has 1 unspecified atom stereocenters. The van der Waals surface area contributed by atoms with E-state index in [0.717, 1.165) is 78.4 Å². The van der Waals surface area contributed by atoms with Crippen LogP contribution in [0.3, 0.4) is 0 Å². The molecule has 2 amide bonds. The highest BCUT2D eigenvalue weighted by Gasteiger charge is 2.83. The molecule has 2 aliphatic carbocycles. The summed E-state index contributed by atoms with van der Waals surface area (Å²) in [6, 6.07) is 9.79. The number of thioether (sulfide) groups is 2. The first-order valence-corrected chi connectivity index (χ1v) is 26.0. The Labute approximate surface area is 379 Å². The molecule has 3 aromatic rings. The van der Waals surface area contributed by atoms with Gasteiger partial charge in [0, 0.05) is 69.5 Å². The molecule has 18 heteroatoms. The Morgan fingerprint density at radius 1 is 0.952 bits per heavy atom. The first-order valence-electron chi connectivity index (χ1n) is 21.7. The van der Waals surface area contributed by atoms with Gasteiger partial charge in [-0.1, -0.05) is 77.2 Å². The lowest BCUT2D eigenvalue weighted by molar-refractivity contribution is -0.147. The monoisotopic (exact) mass is 946 g/mol. The summed E-state index contributed by atoms with van der Waals surface area (Å²) in [5.74, 6) is -0.547. The number of pyridine rings is 1. The Hall–Kier alpha value is -2.76. The predicted molar refractivity (Wildman–Crippen MR) is 242 cm³/mol. The molecule has 0 radical (unpaired) electrons. The Morgan fingerprint density at radius 3 is 2.19 bits per heavy atom. The van der Waals surface area contributed by atoms with Crippen LogP contribution in [-0.4, -0.2) is 104 Å². The largest absolute Gasteiger partial charge is 0.404 e. The molecule has 12 nitrogen and oxygen atoms in total. The highest BCUT2D eigenvalue weighted by molar-refractivity contribution is 8.14. The molecule has 342 valence electrons. The van der Waals surface area contributed by atoms with E-state index in [9.17, 15) is 28.8 Å². The van der Waals surface area contributed by atoms with Crippen LogP contribution in [0.25, 0.3) is 10.1 Å². The predicted octanol–water partition coefficient (Wildman–Crippen LogP) is 8.63. The topological polar surface area (TPSA) is 155 Å². The second-order valence-electron chi connectivity index (χ2n) is 20.1. The van der Waals surface area contributed by atoms with Crippen LogP contribution < -0.4 is 5.32 Å². The molecule has 2 saturated carbocycles. The molecule has 5 fully saturated rings. The first-order chi connectivity index (χ1) is 29.6. The van der Waals surface area contributed by atoms with E-state index in [1.165, 1.54) is 12.1 Å². The van der Waals surface area contributed by atoms with E-state index in [2.05, 4.69) is 10.3 Å². The van der Waals surface area contributed by atoms with Crippen molar-refractivity contribution < 1.29 is 46.7 Å². The molecule has 5 aliphatic rings. The summed E-state index contributed by atoms with van der Waals surface area (Å²) in [6.45, 7) is 10.8. The number of nitrogens with zero attached hydrogens (tertiary/aromatic N) is 3. The normalized spacial score (nSPS) is 26.8. The zero-order chi connectivity index (χ0) is 45.3. The number of nitrogens with one attached hydrogen (secondary N) is 1. The molecule has 8 rings (SSSR count). The number of hydrogen-bond donors (Lipinski definition) is 2. The number of fused-ring (bicyclic) bond motifs is 2. The van der Waals surface area contributed by atoms with Crippen molar-refractivity contribution in [1.82, 2.24) is 20.1 Å². The van der Waals surface area contributed by atoms with Crippen LogP contribution in [0.2, 0.25) is 0 Å². The fraction of sp³-hybridized carbons (Fsp3) is 0.622. The number of aliphatic hydroxyl groups is 1. The summed E-state index contributed by atoms with van der Waals surface area (Å²) in [4.78, 5) is 62.1. The lowest BCUT2D eigenvalue weighted by Gasteiger charge is -2.46. The number of aromatic nitrogens is 1. The molecule has 3 aliphatic heterocycles. The van der Waals surface area contributed by atoms with Crippen molar-refractivity contribution in [3.63, 3.8) is 0 Å². The van der Waals surface area contributed by atoms with Gasteiger partial charge >= 0.3 is 13.3 Å². The van der Waals surface area contributed by atoms with Gasteiger partial charge in [0.1, 0.15) is 12.3 Å². The van der Waals surface area contributed by atoms with Crippen molar-refractivity contribution in [2.75, 3.05) is 37.8 Å². The summed E-state index contributed by atoms with van der Waals surface area (Å²) in [5.41, 5.74) is -4.94. The fourth-order valence-electron chi connectivity index (χ4n) is 9.57. The van der Waals surface area contributed by atoms with Gasteiger partial charge < -0.3 is 24.4 Å². The van der Waals surface area contributed by atoms with Gasteiger partial charge in [0.2, 0.25) is 5.91 Å². The number of rotatable bonds is 15. The highest BCUT2D eigenvalue weighted by Crippen LogP contribution is 2.90. The lowest BCUT2D eigenvalue weighted by Crippen LogP contribution is -2.61. The molecule has 3 saturated heterocycles. The second-order valence-corrected chi connectivity index (χ2v) is 25.3. The van der Waals surface area contributed by atoms with Crippen LogP contribution in [-0.2, 0) is 33.7 Å². The molecular formula is C45H57F2N4O8PS3. The molecule has 0 spiro atoms. The summed E-state index contributed by atoms with van der Waals surface area (Å²) >= 11 is 2.88. The smallest absolute Gasteiger partial charge is 0.376 e. The number of benzene rings is 1. The van der Waals surface area contributed by atoms with Crippen LogP contribution in [0.4, 0.5) is 8.78 Å². The molecule has 2 N–H and O–H groups in total. The standard InChI is InChI=1S/C45H57F2N4O8PS3/c1-41(2,3)39(55)61-17-15-58-60(57,59-16-18-62-40(56)42(4,5)6)45(46,47)29-10-13-34-27(19-29)20-35(63-34)36(52)49-32-22-44-25-43(44,26-44)21-30-11-12-33(51(30)37(32)53)38(54)50-23-28(24-50)31-9-7-8-14-48-31/h7-10,13-14,19-20,28,30,32-33,38,54H,11-12,15-18,21-26H2,1-6H3,(H,49,52)/t30-,32+,33+,38?,43?,44?/m1/s1. The van der Waals surface area contributed by atoms with Crippen molar-refractivity contribution in [2.24, 2.45) is 21.7 Å². The zero-order valence-corrected chi connectivity index (χ0v) is 39.9. The van der Waals surface area contributed by atoms with Crippen LogP contribution >= 0.6 is 42.5 Å². The molecule has 1 aromatic carbocycles. The van der Waals surface area contributed by atoms with E-state index in [0.29, 0.717) is 36.0 Å². The van der Waals surface area contributed by atoms with E-state index >= 15 is 8.78 Å². The highest BCUT2D eigenvalue weighted by atomic mass is 32.2. The van der Waals surface area contributed by atoms with Crippen LogP contribution in [0.1, 0.15) is 107 Å². The fourth-order valence-corrected chi connectivity index (χ4v) is 13.9. The Bertz CT molecular complexity index is 2270. The van der Waals surface area contributed by atoms with Crippen LogP contribution in [0, 0.1) is 21.7 Å². The van der Waals surface area contributed by atoms with Gasteiger partial charge in [-0.25, -0.2) is 0 Å². The van der Waals surface area contributed by atoms with E-state index in [-0.39, 0.29) is 55.3 Å². The number of aliphatic hydroxyl groups excluding tert-OH is 1. The number of amides is 2. The van der Waals surface area contributed by atoms with Crippen molar-refractivity contribution in [2.45, 2.75) is 116 Å². The maximum Gasteiger partial charge on any atom is 0.404 e. The van der Waals surface area contributed by atoms with Gasteiger partial charge in [-0.15, -0.1) is 11.3 Å². The summed E-state index contributed by atoms with van der Waals surface area (Å²) in [6.07, 6.45) is 5.86. The number of carbonyl (C=O) groups excluding carboxylic acids is 4. The third-order valence-electron chi connectivity index (χ3n) is 13.4. The van der Waals surface area contributed by atoms with Crippen molar-refractivity contribution in [1.29, 1.82) is 0 Å². The average Bonchev–Trinajstić information content (AvgIpc) is 3.74. The molecule has 0 bridgehead atoms. The third-order valence-corrected chi connectivity index (χ3v) is 19.0. The zero-order valence-electron chi connectivity index (χ0n) is 36.6. The Kier molecular flexibility index (Phi) is 12.7. The van der Waals surface area contributed by atoms with Crippen molar-refractivity contribution in [3.05, 3.63) is 64.8 Å². The maximum atomic E-state index is 16.5. The van der Waals surface area contributed by atoms with E-state index in [1.807, 2.05) is 28.0 Å². The average molecular weight is 947 g/mol. The van der Waals surface area contributed by atoms with Crippen LogP contribution in [0.15, 0.2) is 48.7 Å². The number of alkyl halides is 2. The van der Waals surface area contributed by atoms with E-state index in [1.54, 1.807) is 47.7 Å². The molecule has 2 aromatic heterocycles. The van der Waals surface area contributed by atoms with Crippen LogP contribution in [0.5, 0.6) is 0 Å². The van der Waals surface area contributed by atoms with Gasteiger partial charge in [-0.2, -0.15) is 8.78 Å². The molecule has 63 heavy (non-hydrogen) atoms. The minimum Gasteiger partial charge on any atom is -0.376 e. The number of likely N-dealkylation sites (tertiary alicyclic amines) is 1.